The lowest BCUT2D eigenvalue weighted by molar-refractivity contribution is 0.285. The number of hydrogen-bond donors (Lipinski definition) is 0. The van der Waals surface area contributed by atoms with Crippen molar-refractivity contribution in [1.29, 1.82) is 0 Å². The van der Waals surface area contributed by atoms with Gasteiger partial charge in [0.2, 0.25) is 10.0 Å². The standard InChI is InChI=1S/C14H20FNO3S/c1-16(11-6-4-3-5-7-11)20(17,18)12-8-9-14(19-2)13(15)10-12/h8-11H,3-7H2,1-2H3. The van der Waals surface area contributed by atoms with Crippen molar-refractivity contribution in [3.63, 3.8) is 0 Å². The molecule has 1 aliphatic rings. The molecule has 20 heavy (non-hydrogen) atoms. The lowest BCUT2D eigenvalue weighted by atomic mass is 9.96. The van der Waals surface area contributed by atoms with Crippen LogP contribution in [0.3, 0.4) is 0 Å². The van der Waals surface area contributed by atoms with Gasteiger partial charge in [-0.1, -0.05) is 19.3 Å². The van der Waals surface area contributed by atoms with Crippen LogP contribution in [0.2, 0.25) is 0 Å². The maximum atomic E-state index is 13.7. The van der Waals surface area contributed by atoms with Crippen LogP contribution in [-0.2, 0) is 10.0 Å². The van der Waals surface area contributed by atoms with Crippen LogP contribution in [0.25, 0.3) is 0 Å². The predicted octanol–water partition coefficient (Wildman–Crippen LogP) is 2.79. The molecule has 0 spiro atoms. The average molecular weight is 301 g/mol. The minimum absolute atomic E-state index is 0.0129. The van der Waals surface area contributed by atoms with Gasteiger partial charge >= 0.3 is 0 Å². The summed E-state index contributed by atoms with van der Waals surface area (Å²) in [5.41, 5.74) is 0. The van der Waals surface area contributed by atoms with E-state index in [9.17, 15) is 12.8 Å². The number of ether oxygens (including phenoxy) is 1. The van der Waals surface area contributed by atoms with Gasteiger partial charge in [0.05, 0.1) is 12.0 Å². The van der Waals surface area contributed by atoms with Crippen molar-refractivity contribution in [3.8, 4) is 5.75 Å². The van der Waals surface area contributed by atoms with Crippen molar-refractivity contribution in [2.75, 3.05) is 14.2 Å². The van der Waals surface area contributed by atoms with E-state index in [1.54, 1.807) is 7.05 Å². The van der Waals surface area contributed by atoms with Crippen molar-refractivity contribution < 1.29 is 17.5 Å². The van der Waals surface area contributed by atoms with Gasteiger partial charge in [0.25, 0.3) is 0 Å². The first kappa shape index (κ1) is 15.3. The van der Waals surface area contributed by atoms with E-state index in [1.807, 2.05) is 0 Å². The van der Waals surface area contributed by atoms with Crippen LogP contribution in [-0.4, -0.2) is 32.9 Å². The second kappa shape index (κ2) is 6.10. The number of nitrogens with zero attached hydrogens (tertiary/aromatic N) is 1. The molecule has 4 nitrogen and oxygen atoms in total. The maximum absolute atomic E-state index is 13.7. The van der Waals surface area contributed by atoms with Gasteiger partial charge in [0.15, 0.2) is 11.6 Å². The van der Waals surface area contributed by atoms with Crippen LogP contribution in [0, 0.1) is 5.82 Å². The summed E-state index contributed by atoms with van der Waals surface area (Å²) in [6.45, 7) is 0. The molecule has 0 atom stereocenters. The van der Waals surface area contributed by atoms with E-state index in [1.165, 1.54) is 23.5 Å². The molecule has 0 heterocycles. The molecule has 1 fully saturated rings. The molecule has 0 N–H and O–H groups in total. The Kier molecular flexibility index (Phi) is 4.65. The first-order valence-corrected chi connectivity index (χ1v) is 8.22. The average Bonchev–Trinajstić information content (AvgIpc) is 2.47. The molecule has 0 aromatic heterocycles. The third-order valence-electron chi connectivity index (χ3n) is 3.89. The Bertz CT molecular complexity index is 568. The largest absolute Gasteiger partial charge is 0.494 e. The highest BCUT2D eigenvalue weighted by molar-refractivity contribution is 7.89. The molecule has 2 rings (SSSR count). The first-order valence-electron chi connectivity index (χ1n) is 6.78. The van der Waals surface area contributed by atoms with Crippen LogP contribution in [0.4, 0.5) is 4.39 Å². The summed E-state index contributed by atoms with van der Waals surface area (Å²) >= 11 is 0. The molecule has 0 aliphatic heterocycles. The van der Waals surface area contributed by atoms with Crippen LogP contribution < -0.4 is 4.74 Å². The molecule has 0 unspecified atom stereocenters. The van der Waals surface area contributed by atoms with Crippen LogP contribution in [0.5, 0.6) is 5.75 Å². The molecular weight excluding hydrogens is 281 g/mol. The van der Waals surface area contributed by atoms with E-state index in [4.69, 9.17) is 4.74 Å². The Labute approximate surface area is 119 Å². The van der Waals surface area contributed by atoms with Crippen molar-refractivity contribution in [1.82, 2.24) is 4.31 Å². The summed E-state index contributed by atoms with van der Waals surface area (Å²) in [4.78, 5) is -0.0242. The highest BCUT2D eigenvalue weighted by atomic mass is 32.2. The van der Waals surface area contributed by atoms with Crippen molar-refractivity contribution in [2.45, 2.75) is 43.0 Å². The Balaban J connectivity index is 2.27. The summed E-state index contributed by atoms with van der Waals surface area (Å²) in [7, 11) is -0.724. The lowest BCUT2D eigenvalue weighted by Gasteiger charge is -2.30. The van der Waals surface area contributed by atoms with E-state index >= 15 is 0 Å². The molecular formula is C14H20FNO3S. The number of benzene rings is 1. The zero-order valence-electron chi connectivity index (χ0n) is 11.8. The van der Waals surface area contributed by atoms with E-state index < -0.39 is 15.8 Å². The minimum Gasteiger partial charge on any atom is -0.494 e. The molecule has 0 amide bonds. The summed E-state index contributed by atoms with van der Waals surface area (Å²) in [6, 6.07) is 3.76. The lowest BCUT2D eigenvalue weighted by Crippen LogP contribution is -2.38. The van der Waals surface area contributed by atoms with Crippen molar-refractivity contribution in [2.24, 2.45) is 0 Å². The Morgan fingerprint density at radius 3 is 2.45 bits per heavy atom. The van der Waals surface area contributed by atoms with Gasteiger partial charge in [0.1, 0.15) is 0 Å². The smallest absolute Gasteiger partial charge is 0.243 e. The normalized spacial score (nSPS) is 17.4. The fourth-order valence-corrected chi connectivity index (χ4v) is 4.04. The number of rotatable bonds is 4. The number of hydrogen-bond acceptors (Lipinski definition) is 3. The van der Waals surface area contributed by atoms with E-state index in [0.717, 1.165) is 38.2 Å². The van der Waals surface area contributed by atoms with Gasteiger partial charge in [-0.2, -0.15) is 4.31 Å². The van der Waals surface area contributed by atoms with Gasteiger partial charge in [-0.25, -0.2) is 12.8 Å². The van der Waals surface area contributed by atoms with Crippen molar-refractivity contribution in [3.05, 3.63) is 24.0 Å². The molecule has 0 bridgehead atoms. The zero-order valence-corrected chi connectivity index (χ0v) is 12.6. The predicted molar refractivity (Wildman–Crippen MR) is 74.8 cm³/mol. The third kappa shape index (κ3) is 2.96. The molecule has 1 aliphatic carbocycles. The van der Waals surface area contributed by atoms with Gasteiger partial charge in [0, 0.05) is 13.1 Å². The van der Waals surface area contributed by atoms with E-state index in [0.29, 0.717) is 0 Å². The molecule has 0 radical (unpaired) electrons. The van der Waals surface area contributed by atoms with Crippen LogP contribution in [0.15, 0.2) is 23.1 Å². The molecule has 1 saturated carbocycles. The van der Waals surface area contributed by atoms with Crippen LogP contribution >= 0.6 is 0 Å². The summed E-state index contributed by atoms with van der Waals surface area (Å²) in [6.07, 6.45) is 4.98. The highest BCUT2D eigenvalue weighted by Gasteiger charge is 2.29. The second-order valence-electron chi connectivity index (χ2n) is 5.11. The van der Waals surface area contributed by atoms with Gasteiger partial charge in [-0.3, -0.25) is 0 Å². The monoisotopic (exact) mass is 301 g/mol. The number of sulfonamides is 1. The number of methoxy groups -OCH3 is 1. The Morgan fingerprint density at radius 1 is 1.25 bits per heavy atom. The minimum atomic E-state index is -3.65. The zero-order chi connectivity index (χ0) is 14.8. The fraction of sp³-hybridized carbons (Fsp3) is 0.571. The second-order valence-corrected chi connectivity index (χ2v) is 7.11. The van der Waals surface area contributed by atoms with Gasteiger partial charge in [-0.05, 0) is 31.0 Å². The summed E-state index contributed by atoms with van der Waals surface area (Å²) < 4.78 is 44.9. The quantitative estimate of drug-likeness (QED) is 0.859. The Hall–Kier alpha value is -1.14. The SMILES string of the molecule is COc1ccc(S(=O)(=O)N(C)C2CCCCC2)cc1F. The number of halogens is 1. The summed E-state index contributed by atoms with van der Waals surface area (Å²) in [5, 5.41) is 0. The van der Waals surface area contributed by atoms with Gasteiger partial charge < -0.3 is 4.74 Å². The van der Waals surface area contributed by atoms with Crippen LogP contribution in [0.1, 0.15) is 32.1 Å². The van der Waals surface area contributed by atoms with E-state index in [2.05, 4.69) is 0 Å². The van der Waals surface area contributed by atoms with E-state index in [-0.39, 0.29) is 16.7 Å². The molecule has 1 aromatic rings. The molecule has 112 valence electrons. The maximum Gasteiger partial charge on any atom is 0.243 e. The Morgan fingerprint density at radius 2 is 1.90 bits per heavy atom. The third-order valence-corrected chi connectivity index (χ3v) is 5.80. The molecule has 0 saturated heterocycles. The van der Waals surface area contributed by atoms with Crippen molar-refractivity contribution >= 4 is 10.0 Å². The molecule has 6 heteroatoms. The van der Waals surface area contributed by atoms with Gasteiger partial charge in [-0.15, -0.1) is 0 Å². The fourth-order valence-electron chi connectivity index (χ4n) is 2.61. The summed E-state index contributed by atoms with van der Waals surface area (Å²) in [5.74, 6) is -0.616. The topological polar surface area (TPSA) is 46.6 Å². The highest BCUT2D eigenvalue weighted by Crippen LogP contribution is 2.28. The molecule has 1 aromatic carbocycles. The first-order chi connectivity index (χ1) is 9.46.